The minimum Gasteiger partial charge on any atom is -0.356 e. The van der Waals surface area contributed by atoms with Crippen LogP contribution in [-0.4, -0.2) is 12.5 Å². The lowest BCUT2D eigenvalue weighted by Crippen LogP contribution is -2.33. The van der Waals surface area contributed by atoms with Crippen LogP contribution in [0.3, 0.4) is 0 Å². The Morgan fingerprint density at radius 1 is 0.850 bits per heavy atom. The number of nitriles is 1. The summed E-state index contributed by atoms with van der Waals surface area (Å²) in [5.74, 6) is 0.107. The summed E-state index contributed by atoms with van der Waals surface area (Å²) >= 11 is 0. The highest BCUT2D eigenvalue weighted by atomic mass is 15.1. The maximum atomic E-state index is 8.30. The van der Waals surface area contributed by atoms with Crippen molar-refractivity contribution in [3.8, 4) is 6.19 Å². The van der Waals surface area contributed by atoms with Crippen molar-refractivity contribution in [3.05, 3.63) is 0 Å². The van der Waals surface area contributed by atoms with E-state index in [-0.39, 0.29) is 5.96 Å². The molecule has 0 aliphatic rings. The fourth-order valence-electron chi connectivity index (χ4n) is 2.28. The molecular weight excluding hydrogens is 248 g/mol. The van der Waals surface area contributed by atoms with E-state index >= 15 is 0 Å². The minimum absolute atomic E-state index is 0.107. The number of hydrogen-bond donors (Lipinski definition) is 3. The monoisotopic (exact) mass is 280 g/mol. The van der Waals surface area contributed by atoms with Gasteiger partial charge in [-0.05, 0) is 6.42 Å². The van der Waals surface area contributed by atoms with Crippen molar-refractivity contribution in [1.29, 1.82) is 10.7 Å². The van der Waals surface area contributed by atoms with Crippen LogP contribution in [0.5, 0.6) is 0 Å². The predicted octanol–water partition coefficient (Wildman–Crippen LogP) is 4.28. The van der Waals surface area contributed by atoms with Gasteiger partial charge < -0.3 is 5.32 Å². The molecule has 0 saturated carbocycles. The number of unbranched alkanes of at least 4 members (excludes halogenated alkanes) is 11. The normalized spacial score (nSPS) is 10.0. The van der Waals surface area contributed by atoms with Crippen LogP contribution in [0, 0.1) is 16.9 Å². The molecule has 4 heteroatoms. The maximum Gasteiger partial charge on any atom is 0.201 e. The Labute approximate surface area is 124 Å². The fraction of sp³-hybridized carbons (Fsp3) is 0.875. The van der Waals surface area contributed by atoms with Crippen molar-refractivity contribution < 1.29 is 0 Å². The molecule has 0 aromatic carbocycles. The molecule has 0 spiro atoms. The van der Waals surface area contributed by atoms with Crippen LogP contribution < -0.4 is 10.6 Å². The molecule has 0 unspecified atom stereocenters. The van der Waals surface area contributed by atoms with E-state index in [4.69, 9.17) is 10.7 Å². The average Bonchev–Trinajstić information content (AvgIpc) is 2.44. The highest BCUT2D eigenvalue weighted by Gasteiger charge is 1.95. The van der Waals surface area contributed by atoms with E-state index < -0.39 is 0 Å². The van der Waals surface area contributed by atoms with E-state index in [9.17, 15) is 0 Å². The van der Waals surface area contributed by atoms with Crippen molar-refractivity contribution in [2.45, 2.75) is 84.0 Å². The van der Waals surface area contributed by atoms with Crippen molar-refractivity contribution in [1.82, 2.24) is 10.6 Å². The average molecular weight is 280 g/mol. The lowest BCUT2D eigenvalue weighted by atomic mass is 10.1. The second-order valence-corrected chi connectivity index (χ2v) is 5.43. The standard InChI is InChI=1S/C16H32N4/c1-2-3-4-5-6-7-8-9-10-11-12-13-14-19-16(18)20-15-17/h2-14H2,1H3,(H3,18,19,20). The number of guanidine groups is 1. The zero-order valence-electron chi connectivity index (χ0n) is 13.1. The molecule has 0 fully saturated rings. The Morgan fingerprint density at radius 3 is 1.75 bits per heavy atom. The molecule has 20 heavy (non-hydrogen) atoms. The van der Waals surface area contributed by atoms with Crippen LogP contribution in [0.15, 0.2) is 0 Å². The first-order chi connectivity index (χ1) is 9.81. The van der Waals surface area contributed by atoms with Crippen molar-refractivity contribution in [2.75, 3.05) is 6.54 Å². The highest BCUT2D eigenvalue weighted by molar-refractivity contribution is 5.77. The van der Waals surface area contributed by atoms with Gasteiger partial charge in [0.2, 0.25) is 5.96 Å². The van der Waals surface area contributed by atoms with Crippen LogP contribution in [0.25, 0.3) is 0 Å². The zero-order valence-corrected chi connectivity index (χ0v) is 13.1. The summed E-state index contributed by atoms with van der Waals surface area (Å²) in [6, 6.07) is 0. The molecule has 3 N–H and O–H groups in total. The second kappa shape index (κ2) is 15.8. The third kappa shape index (κ3) is 14.8. The van der Waals surface area contributed by atoms with E-state index in [0.717, 1.165) is 13.0 Å². The van der Waals surface area contributed by atoms with Gasteiger partial charge in [-0.15, -0.1) is 0 Å². The van der Waals surface area contributed by atoms with Gasteiger partial charge in [0.15, 0.2) is 6.19 Å². The Balaban J connectivity index is 3.03. The molecule has 0 aliphatic carbocycles. The molecule has 4 nitrogen and oxygen atoms in total. The van der Waals surface area contributed by atoms with E-state index in [1.54, 1.807) is 6.19 Å². The topological polar surface area (TPSA) is 71.7 Å². The molecular formula is C16H32N4. The number of nitrogens with zero attached hydrogens (tertiary/aromatic N) is 1. The summed E-state index contributed by atoms with van der Waals surface area (Å²) < 4.78 is 0. The summed E-state index contributed by atoms with van der Waals surface area (Å²) in [4.78, 5) is 0. The van der Waals surface area contributed by atoms with E-state index in [1.165, 1.54) is 70.6 Å². The predicted molar refractivity (Wildman–Crippen MR) is 85.6 cm³/mol. The first-order valence-electron chi connectivity index (χ1n) is 8.28. The van der Waals surface area contributed by atoms with Crippen LogP contribution in [-0.2, 0) is 0 Å². The molecule has 0 bridgehead atoms. The third-order valence-electron chi connectivity index (χ3n) is 3.51. The Hall–Kier alpha value is -1.24. The molecule has 0 aliphatic heterocycles. The van der Waals surface area contributed by atoms with E-state index in [1.807, 2.05) is 0 Å². The van der Waals surface area contributed by atoms with Crippen molar-refractivity contribution in [2.24, 2.45) is 0 Å². The maximum absolute atomic E-state index is 8.30. The SMILES string of the molecule is CCCCCCCCCCCCCCNC(=N)NC#N. The number of nitrogens with one attached hydrogen (secondary N) is 3. The van der Waals surface area contributed by atoms with Crippen molar-refractivity contribution in [3.63, 3.8) is 0 Å². The summed E-state index contributed by atoms with van der Waals surface area (Å²) in [7, 11) is 0. The Kier molecular flexibility index (Phi) is 14.8. The lowest BCUT2D eigenvalue weighted by Gasteiger charge is -2.05. The van der Waals surface area contributed by atoms with Crippen LogP contribution in [0.4, 0.5) is 0 Å². The Bertz CT molecular complexity index is 258. The van der Waals surface area contributed by atoms with Gasteiger partial charge >= 0.3 is 0 Å². The first kappa shape index (κ1) is 18.8. The largest absolute Gasteiger partial charge is 0.356 e. The fourth-order valence-corrected chi connectivity index (χ4v) is 2.28. The molecule has 0 aromatic heterocycles. The first-order valence-corrected chi connectivity index (χ1v) is 8.28. The lowest BCUT2D eigenvalue weighted by molar-refractivity contribution is 0.543. The molecule has 0 rings (SSSR count). The summed E-state index contributed by atoms with van der Waals surface area (Å²) in [6.07, 6.45) is 17.8. The number of hydrogen-bond acceptors (Lipinski definition) is 2. The number of rotatable bonds is 13. The van der Waals surface area contributed by atoms with Gasteiger partial charge in [-0.3, -0.25) is 10.7 Å². The van der Waals surface area contributed by atoms with Gasteiger partial charge in [0.1, 0.15) is 0 Å². The zero-order chi connectivity index (χ0) is 14.9. The quantitative estimate of drug-likeness (QED) is 0.155. The molecule has 0 aromatic rings. The van der Waals surface area contributed by atoms with Gasteiger partial charge in [0, 0.05) is 6.54 Å². The summed E-state index contributed by atoms with van der Waals surface area (Å²) in [5, 5.41) is 20.7. The van der Waals surface area contributed by atoms with E-state index in [0.29, 0.717) is 0 Å². The second-order valence-electron chi connectivity index (χ2n) is 5.43. The molecule has 0 saturated heterocycles. The van der Waals surface area contributed by atoms with Gasteiger partial charge in [-0.1, -0.05) is 77.6 Å². The Morgan fingerprint density at radius 2 is 1.30 bits per heavy atom. The smallest absolute Gasteiger partial charge is 0.201 e. The third-order valence-corrected chi connectivity index (χ3v) is 3.51. The highest BCUT2D eigenvalue weighted by Crippen LogP contribution is 2.11. The van der Waals surface area contributed by atoms with Crippen LogP contribution >= 0.6 is 0 Å². The van der Waals surface area contributed by atoms with Gasteiger partial charge in [-0.25, -0.2) is 0 Å². The summed E-state index contributed by atoms with van der Waals surface area (Å²) in [6.45, 7) is 3.05. The van der Waals surface area contributed by atoms with Gasteiger partial charge in [0.25, 0.3) is 0 Å². The van der Waals surface area contributed by atoms with Gasteiger partial charge in [0.05, 0.1) is 0 Å². The van der Waals surface area contributed by atoms with Crippen LogP contribution in [0.1, 0.15) is 84.0 Å². The molecule has 0 heterocycles. The summed E-state index contributed by atoms with van der Waals surface area (Å²) in [5.41, 5.74) is 0. The molecule has 0 radical (unpaired) electrons. The molecule has 0 amide bonds. The van der Waals surface area contributed by atoms with E-state index in [2.05, 4.69) is 17.6 Å². The molecule has 116 valence electrons. The minimum atomic E-state index is 0.107. The van der Waals surface area contributed by atoms with Crippen LogP contribution in [0.2, 0.25) is 0 Å². The van der Waals surface area contributed by atoms with Crippen molar-refractivity contribution >= 4 is 5.96 Å². The molecule has 0 atom stereocenters. The van der Waals surface area contributed by atoms with Gasteiger partial charge in [-0.2, -0.15) is 5.26 Å².